The molecule has 0 unspecified atom stereocenters. The largest absolute Gasteiger partial charge is 0.300 e. The summed E-state index contributed by atoms with van der Waals surface area (Å²) in [7, 11) is 0. The van der Waals surface area contributed by atoms with E-state index in [0.29, 0.717) is 12.3 Å². The molecular weight excluding hydrogens is 184 g/mol. The molecule has 1 rings (SSSR count). The van der Waals surface area contributed by atoms with Crippen LogP contribution in [-0.2, 0) is 4.79 Å². The number of ketones is 1. The summed E-state index contributed by atoms with van der Waals surface area (Å²) >= 11 is 0. The minimum Gasteiger partial charge on any atom is -0.300 e. The highest BCUT2D eigenvalue weighted by Gasteiger charge is 2.14. The lowest BCUT2D eigenvalue weighted by Crippen LogP contribution is -2.05. The van der Waals surface area contributed by atoms with E-state index < -0.39 is 0 Å². The van der Waals surface area contributed by atoms with Gasteiger partial charge in [0.15, 0.2) is 0 Å². The molecule has 0 radical (unpaired) electrons. The highest BCUT2D eigenvalue weighted by atomic mass is 16.1. The summed E-state index contributed by atoms with van der Waals surface area (Å²) in [5.41, 5.74) is 2.65. The fourth-order valence-corrected chi connectivity index (χ4v) is 2.11. The first kappa shape index (κ1) is 12.0. The molecule has 0 saturated heterocycles. The van der Waals surface area contributed by atoms with Gasteiger partial charge in [-0.15, -0.1) is 0 Å². The van der Waals surface area contributed by atoms with Crippen LogP contribution in [-0.4, -0.2) is 5.78 Å². The summed E-state index contributed by atoms with van der Waals surface area (Å²) in [5, 5.41) is 0. The second-order valence-electron chi connectivity index (χ2n) is 4.25. The first-order valence-electron chi connectivity index (χ1n) is 5.70. The van der Waals surface area contributed by atoms with Crippen LogP contribution in [0.3, 0.4) is 0 Å². The van der Waals surface area contributed by atoms with E-state index in [0.717, 1.165) is 12.8 Å². The van der Waals surface area contributed by atoms with E-state index in [2.05, 4.69) is 38.1 Å². The van der Waals surface area contributed by atoms with Crippen LogP contribution in [0.5, 0.6) is 0 Å². The van der Waals surface area contributed by atoms with Crippen LogP contribution >= 0.6 is 0 Å². The summed E-state index contributed by atoms with van der Waals surface area (Å²) in [5.74, 6) is 0.699. The van der Waals surface area contributed by atoms with Crippen molar-refractivity contribution in [1.29, 1.82) is 0 Å². The third kappa shape index (κ3) is 3.50. The summed E-state index contributed by atoms with van der Waals surface area (Å²) in [6.07, 6.45) is 2.91. The van der Waals surface area contributed by atoms with Crippen LogP contribution in [0.15, 0.2) is 24.3 Å². The predicted octanol–water partition coefficient (Wildman–Crippen LogP) is 3.86. The van der Waals surface area contributed by atoms with E-state index in [1.807, 2.05) is 0 Å². The van der Waals surface area contributed by atoms with E-state index in [9.17, 15) is 4.79 Å². The van der Waals surface area contributed by atoms with E-state index >= 15 is 0 Å². The molecule has 0 aliphatic rings. The number of carbonyl (C=O) groups excluding carboxylic acids is 1. The number of hydrogen-bond acceptors (Lipinski definition) is 1. The Hall–Kier alpha value is -1.11. The Morgan fingerprint density at radius 1 is 1.33 bits per heavy atom. The monoisotopic (exact) mass is 204 g/mol. The molecule has 82 valence electrons. The predicted molar refractivity (Wildman–Crippen MR) is 64.1 cm³/mol. The lowest BCUT2D eigenvalue weighted by atomic mass is 9.87. The normalized spacial score (nSPS) is 12.5. The zero-order valence-electron chi connectivity index (χ0n) is 9.92. The zero-order chi connectivity index (χ0) is 11.3. The summed E-state index contributed by atoms with van der Waals surface area (Å²) in [6, 6.07) is 8.39. The van der Waals surface area contributed by atoms with E-state index in [1.165, 1.54) is 11.1 Å². The number of rotatable bonds is 5. The molecule has 1 aromatic carbocycles. The number of hydrogen-bond donors (Lipinski definition) is 0. The molecule has 0 N–H and O–H groups in total. The molecule has 15 heavy (non-hydrogen) atoms. The number of Topliss-reactive ketones (excluding diaryl/α,β-unsaturated/α-hetero) is 1. The Bertz CT molecular complexity index is 328. The molecule has 0 saturated carbocycles. The van der Waals surface area contributed by atoms with Gasteiger partial charge in [-0.1, -0.05) is 37.6 Å². The molecule has 0 bridgehead atoms. The molecule has 1 heteroatoms. The Labute approximate surface area is 92.5 Å². The summed E-state index contributed by atoms with van der Waals surface area (Å²) in [6.45, 7) is 5.98. The van der Waals surface area contributed by atoms with Gasteiger partial charge in [0.25, 0.3) is 0 Å². The fourth-order valence-electron chi connectivity index (χ4n) is 2.11. The van der Waals surface area contributed by atoms with Crippen LogP contribution in [0.4, 0.5) is 0 Å². The van der Waals surface area contributed by atoms with Gasteiger partial charge in [-0.2, -0.15) is 0 Å². The number of carbonyl (C=O) groups is 1. The standard InChI is InChI=1S/C14H20O/c1-4-7-13(10-12(3)15)14-9-6-5-8-11(14)2/h5-6,8-9,13H,4,7,10H2,1-3H3/t13-/m0/s1. The first-order chi connectivity index (χ1) is 7.15. The average Bonchev–Trinajstić information content (AvgIpc) is 2.17. The van der Waals surface area contributed by atoms with Crippen LogP contribution in [0.25, 0.3) is 0 Å². The van der Waals surface area contributed by atoms with Crippen LogP contribution in [0.1, 0.15) is 50.2 Å². The Morgan fingerprint density at radius 3 is 2.53 bits per heavy atom. The maximum atomic E-state index is 11.2. The van der Waals surface area contributed by atoms with Gasteiger partial charge in [-0.3, -0.25) is 0 Å². The molecule has 0 heterocycles. The maximum absolute atomic E-state index is 11.2. The Kier molecular flexibility index (Phi) is 4.54. The molecular formula is C14H20O. The van der Waals surface area contributed by atoms with Gasteiger partial charge in [0.1, 0.15) is 5.78 Å². The van der Waals surface area contributed by atoms with Gasteiger partial charge in [0.05, 0.1) is 0 Å². The molecule has 0 aliphatic heterocycles. The molecule has 0 spiro atoms. The van der Waals surface area contributed by atoms with Crippen LogP contribution < -0.4 is 0 Å². The lowest BCUT2D eigenvalue weighted by Gasteiger charge is -2.17. The quantitative estimate of drug-likeness (QED) is 0.711. The van der Waals surface area contributed by atoms with E-state index in [1.54, 1.807) is 6.92 Å². The Balaban J connectivity index is 2.88. The molecule has 0 amide bonds. The molecule has 1 aromatic rings. The van der Waals surface area contributed by atoms with Crippen molar-refractivity contribution in [2.24, 2.45) is 0 Å². The second-order valence-corrected chi connectivity index (χ2v) is 4.25. The van der Waals surface area contributed by atoms with E-state index in [4.69, 9.17) is 0 Å². The zero-order valence-corrected chi connectivity index (χ0v) is 9.92. The topological polar surface area (TPSA) is 17.1 Å². The average molecular weight is 204 g/mol. The van der Waals surface area contributed by atoms with Crippen molar-refractivity contribution < 1.29 is 4.79 Å². The minimum atomic E-state index is 0.289. The summed E-state index contributed by atoms with van der Waals surface area (Å²) < 4.78 is 0. The third-order valence-corrected chi connectivity index (χ3v) is 2.80. The van der Waals surface area contributed by atoms with Gasteiger partial charge in [0, 0.05) is 6.42 Å². The van der Waals surface area contributed by atoms with Crippen LogP contribution in [0.2, 0.25) is 0 Å². The van der Waals surface area contributed by atoms with Crippen molar-refractivity contribution in [3.05, 3.63) is 35.4 Å². The van der Waals surface area contributed by atoms with Crippen molar-refractivity contribution >= 4 is 5.78 Å². The van der Waals surface area contributed by atoms with Crippen molar-refractivity contribution in [3.8, 4) is 0 Å². The van der Waals surface area contributed by atoms with Crippen molar-refractivity contribution in [1.82, 2.24) is 0 Å². The Morgan fingerprint density at radius 2 is 2.00 bits per heavy atom. The third-order valence-electron chi connectivity index (χ3n) is 2.80. The molecule has 0 aromatic heterocycles. The molecule has 0 aliphatic carbocycles. The number of aryl methyl sites for hydroxylation is 1. The molecule has 1 nitrogen and oxygen atoms in total. The van der Waals surface area contributed by atoms with Crippen molar-refractivity contribution in [2.75, 3.05) is 0 Å². The number of benzene rings is 1. The fraction of sp³-hybridized carbons (Fsp3) is 0.500. The van der Waals surface area contributed by atoms with Gasteiger partial charge in [-0.05, 0) is 37.3 Å². The highest BCUT2D eigenvalue weighted by molar-refractivity contribution is 5.76. The first-order valence-corrected chi connectivity index (χ1v) is 5.70. The van der Waals surface area contributed by atoms with Gasteiger partial charge in [-0.25, -0.2) is 0 Å². The van der Waals surface area contributed by atoms with Crippen molar-refractivity contribution in [3.63, 3.8) is 0 Å². The van der Waals surface area contributed by atoms with Gasteiger partial charge < -0.3 is 4.79 Å². The molecule has 0 fully saturated rings. The maximum Gasteiger partial charge on any atom is 0.130 e. The van der Waals surface area contributed by atoms with E-state index in [-0.39, 0.29) is 5.78 Å². The van der Waals surface area contributed by atoms with Crippen LogP contribution in [0, 0.1) is 6.92 Å². The van der Waals surface area contributed by atoms with Crippen molar-refractivity contribution in [2.45, 2.75) is 46.0 Å². The minimum absolute atomic E-state index is 0.289. The smallest absolute Gasteiger partial charge is 0.130 e. The SMILES string of the molecule is CCC[C@@H](CC(C)=O)c1ccccc1C. The van der Waals surface area contributed by atoms with Gasteiger partial charge >= 0.3 is 0 Å². The lowest BCUT2D eigenvalue weighted by molar-refractivity contribution is -0.117. The second kappa shape index (κ2) is 5.69. The summed E-state index contributed by atoms with van der Waals surface area (Å²) in [4.78, 5) is 11.2. The highest BCUT2D eigenvalue weighted by Crippen LogP contribution is 2.27. The molecule has 1 atom stereocenters. The van der Waals surface area contributed by atoms with Gasteiger partial charge in [0.2, 0.25) is 0 Å².